The van der Waals surface area contributed by atoms with Gasteiger partial charge in [0.15, 0.2) is 6.10 Å². The minimum Gasteiger partial charge on any atom is -0.452 e. The van der Waals surface area contributed by atoms with E-state index in [1.807, 2.05) is 0 Å². The van der Waals surface area contributed by atoms with Gasteiger partial charge in [0.1, 0.15) is 0 Å². The van der Waals surface area contributed by atoms with Crippen molar-refractivity contribution in [3.8, 4) is 0 Å². The average molecular weight is 255 g/mol. The molecular formula is C14H25NO3. The minimum absolute atomic E-state index is 0.120. The van der Waals surface area contributed by atoms with E-state index in [1.165, 1.54) is 26.2 Å². The lowest BCUT2D eigenvalue weighted by molar-refractivity contribution is -0.154. The molecule has 0 aromatic rings. The molecule has 1 aliphatic carbocycles. The Hall–Kier alpha value is -1.06. The van der Waals surface area contributed by atoms with E-state index in [-0.39, 0.29) is 17.9 Å². The molecule has 0 radical (unpaired) electrons. The number of rotatable bonds is 6. The van der Waals surface area contributed by atoms with Crippen LogP contribution in [0.1, 0.15) is 65.2 Å². The topological polar surface area (TPSA) is 55.4 Å². The van der Waals surface area contributed by atoms with E-state index in [0.717, 1.165) is 25.7 Å². The van der Waals surface area contributed by atoms with Crippen molar-refractivity contribution in [1.29, 1.82) is 0 Å². The Morgan fingerprint density at radius 1 is 1.28 bits per heavy atom. The van der Waals surface area contributed by atoms with Crippen molar-refractivity contribution in [1.82, 2.24) is 5.32 Å². The van der Waals surface area contributed by atoms with Gasteiger partial charge in [-0.3, -0.25) is 9.59 Å². The Balaban J connectivity index is 2.43. The molecule has 1 rings (SSSR count). The Kier molecular flexibility index (Phi) is 6.76. The molecule has 0 heterocycles. The number of hydrogen-bond acceptors (Lipinski definition) is 3. The van der Waals surface area contributed by atoms with Crippen molar-refractivity contribution < 1.29 is 14.3 Å². The van der Waals surface area contributed by atoms with Crippen molar-refractivity contribution in [2.75, 3.05) is 0 Å². The summed E-state index contributed by atoms with van der Waals surface area (Å²) in [7, 11) is 0. The van der Waals surface area contributed by atoms with Gasteiger partial charge in [0.05, 0.1) is 0 Å². The summed E-state index contributed by atoms with van der Waals surface area (Å²) in [6.45, 7) is 3.41. The van der Waals surface area contributed by atoms with Gasteiger partial charge >= 0.3 is 5.97 Å². The molecule has 0 aliphatic heterocycles. The lowest BCUT2D eigenvalue weighted by Crippen LogP contribution is -2.43. The number of unbranched alkanes of at least 4 members (excludes halogenated alkanes) is 1. The second-order valence-corrected chi connectivity index (χ2v) is 5.08. The third kappa shape index (κ3) is 5.52. The molecule has 1 fully saturated rings. The number of nitrogens with one attached hydrogen (secondary N) is 1. The summed E-state index contributed by atoms with van der Waals surface area (Å²) in [4.78, 5) is 23.1. The van der Waals surface area contributed by atoms with E-state index in [2.05, 4.69) is 12.2 Å². The predicted molar refractivity (Wildman–Crippen MR) is 70.1 cm³/mol. The standard InChI is InChI=1S/C14H25NO3/c1-3-4-10-13(18-11(2)16)14(17)15-12-8-6-5-7-9-12/h12-13H,3-10H2,1-2H3,(H,15,17). The molecule has 1 aliphatic rings. The maximum absolute atomic E-state index is 12.1. The molecule has 4 nitrogen and oxygen atoms in total. The SMILES string of the molecule is CCCCC(OC(C)=O)C(=O)NC1CCCCC1. The van der Waals surface area contributed by atoms with Gasteiger partial charge < -0.3 is 10.1 Å². The highest BCUT2D eigenvalue weighted by Gasteiger charge is 2.24. The van der Waals surface area contributed by atoms with Crippen molar-refractivity contribution in [3.63, 3.8) is 0 Å². The second-order valence-electron chi connectivity index (χ2n) is 5.08. The van der Waals surface area contributed by atoms with Crippen LogP contribution in [0, 0.1) is 0 Å². The van der Waals surface area contributed by atoms with Gasteiger partial charge in [-0.2, -0.15) is 0 Å². The van der Waals surface area contributed by atoms with Crippen LogP contribution in [0.3, 0.4) is 0 Å². The van der Waals surface area contributed by atoms with E-state index in [4.69, 9.17) is 4.74 Å². The average Bonchev–Trinajstić information content (AvgIpc) is 2.35. The van der Waals surface area contributed by atoms with Crippen LogP contribution in [0.2, 0.25) is 0 Å². The Labute approximate surface area is 109 Å². The van der Waals surface area contributed by atoms with Crippen LogP contribution in [-0.2, 0) is 14.3 Å². The molecule has 18 heavy (non-hydrogen) atoms. The second kappa shape index (κ2) is 8.11. The number of amides is 1. The Bertz CT molecular complexity index is 272. The van der Waals surface area contributed by atoms with Gasteiger partial charge in [0, 0.05) is 13.0 Å². The van der Waals surface area contributed by atoms with E-state index < -0.39 is 6.10 Å². The zero-order chi connectivity index (χ0) is 13.4. The molecular weight excluding hydrogens is 230 g/mol. The largest absolute Gasteiger partial charge is 0.452 e. The fourth-order valence-corrected chi connectivity index (χ4v) is 2.37. The summed E-state index contributed by atoms with van der Waals surface area (Å²) < 4.78 is 5.10. The summed E-state index contributed by atoms with van der Waals surface area (Å²) in [5, 5.41) is 3.02. The van der Waals surface area contributed by atoms with Crippen molar-refractivity contribution in [2.24, 2.45) is 0 Å². The fraction of sp³-hybridized carbons (Fsp3) is 0.857. The van der Waals surface area contributed by atoms with Crippen LogP contribution in [0.25, 0.3) is 0 Å². The predicted octanol–water partition coefficient (Wildman–Crippen LogP) is 2.56. The van der Waals surface area contributed by atoms with E-state index >= 15 is 0 Å². The molecule has 0 bridgehead atoms. The summed E-state index contributed by atoms with van der Waals surface area (Å²) >= 11 is 0. The summed E-state index contributed by atoms with van der Waals surface area (Å²) in [5.74, 6) is -0.500. The molecule has 1 saturated carbocycles. The van der Waals surface area contributed by atoms with Gasteiger partial charge in [-0.15, -0.1) is 0 Å². The van der Waals surface area contributed by atoms with Gasteiger partial charge in [0.25, 0.3) is 5.91 Å². The molecule has 1 amide bonds. The van der Waals surface area contributed by atoms with Crippen LogP contribution in [0.5, 0.6) is 0 Å². The number of esters is 1. The number of carbonyl (C=O) groups is 2. The summed E-state index contributed by atoms with van der Waals surface area (Å²) in [6, 6.07) is 0.269. The molecule has 0 aromatic carbocycles. The molecule has 0 saturated heterocycles. The Morgan fingerprint density at radius 3 is 2.50 bits per heavy atom. The van der Waals surface area contributed by atoms with Gasteiger partial charge in [-0.25, -0.2) is 0 Å². The normalized spacial score (nSPS) is 18.1. The molecule has 1 atom stereocenters. The number of ether oxygens (including phenoxy) is 1. The first kappa shape index (κ1) is 15.0. The van der Waals surface area contributed by atoms with Gasteiger partial charge in [-0.1, -0.05) is 32.6 Å². The number of carbonyl (C=O) groups excluding carboxylic acids is 2. The minimum atomic E-state index is -0.607. The van der Waals surface area contributed by atoms with Crippen LogP contribution < -0.4 is 5.32 Å². The highest BCUT2D eigenvalue weighted by molar-refractivity contribution is 5.83. The van der Waals surface area contributed by atoms with E-state index in [0.29, 0.717) is 6.42 Å². The lowest BCUT2D eigenvalue weighted by Gasteiger charge is -2.25. The van der Waals surface area contributed by atoms with Crippen LogP contribution in [0.4, 0.5) is 0 Å². The quantitative estimate of drug-likeness (QED) is 0.742. The third-order valence-corrected chi connectivity index (χ3v) is 3.37. The zero-order valence-electron chi connectivity index (χ0n) is 11.5. The highest BCUT2D eigenvalue weighted by Crippen LogP contribution is 2.18. The molecule has 0 aromatic heterocycles. The zero-order valence-corrected chi connectivity index (χ0v) is 11.5. The molecule has 1 N–H and O–H groups in total. The van der Waals surface area contributed by atoms with Gasteiger partial charge in [0.2, 0.25) is 0 Å². The molecule has 104 valence electrons. The monoisotopic (exact) mass is 255 g/mol. The lowest BCUT2D eigenvalue weighted by atomic mass is 9.95. The molecule has 4 heteroatoms. The van der Waals surface area contributed by atoms with Crippen molar-refractivity contribution in [2.45, 2.75) is 77.4 Å². The maximum atomic E-state index is 12.1. The fourth-order valence-electron chi connectivity index (χ4n) is 2.37. The highest BCUT2D eigenvalue weighted by atomic mass is 16.5. The number of hydrogen-bond donors (Lipinski definition) is 1. The summed E-state index contributed by atoms with van der Waals surface area (Å²) in [6.07, 6.45) is 7.62. The van der Waals surface area contributed by atoms with Crippen LogP contribution in [0.15, 0.2) is 0 Å². The van der Waals surface area contributed by atoms with Gasteiger partial charge in [-0.05, 0) is 25.7 Å². The first-order valence-electron chi connectivity index (χ1n) is 7.11. The molecule has 1 unspecified atom stereocenters. The molecule has 0 spiro atoms. The van der Waals surface area contributed by atoms with E-state index in [9.17, 15) is 9.59 Å². The van der Waals surface area contributed by atoms with Crippen LogP contribution in [-0.4, -0.2) is 24.0 Å². The third-order valence-electron chi connectivity index (χ3n) is 3.37. The summed E-state index contributed by atoms with van der Waals surface area (Å²) in [5.41, 5.74) is 0. The van der Waals surface area contributed by atoms with E-state index in [1.54, 1.807) is 0 Å². The van der Waals surface area contributed by atoms with Crippen molar-refractivity contribution >= 4 is 11.9 Å². The van der Waals surface area contributed by atoms with Crippen LogP contribution >= 0.6 is 0 Å². The van der Waals surface area contributed by atoms with Crippen molar-refractivity contribution in [3.05, 3.63) is 0 Å². The first-order valence-corrected chi connectivity index (χ1v) is 7.11. The Morgan fingerprint density at radius 2 is 1.94 bits per heavy atom. The smallest absolute Gasteiger partial charge is 0.303 e. The maximum Gasteiger partial charge on any atom is 0.303 e. The first-order chi connectivity index (χ1) is 8.63.